The molecule has 3 rings (SSSR count). The number of anilines is 2. The fourth-order valence-corrected chi connectivity index (χ4v) is 3.73. The van der Waals surface area contributed by atoms with Crippen molar-refractivity contribution in [2.45, 2.75) is 19.1 Å². The van der Waals surface area contributed by atoms with Gasteiger partial charge >= 0.3 is 0 Å². The molecule has 2 atom stereocenters. The summed E-state index contributed by atoms with van der Waals surface area (Å²) in [5.74, 6) is -1.67. The molecular formula is C20H25ClF2N6O2. The molecule has 0 saturated carbocycles. The Morgan fingerprint density at radius 1 is 1.42 bits per heavy atom. The molecule has 1 aromatic heterocycles. The van der Waals surface area contributed by atoms with Gasteiger partial charge in [-0.25, -0.2) is 14.4 Å². The van der Waals surface area contributed by atoms with Crippen molar-refractivity contribution in [1.29, 1.82) is 0 Å². The number of halogens is 3. The maximum Gasteiger partial charge on any atom is 0.231 e. The van der Waals surface area contributed by atoms with Gasteiger partial charge in [0.15, 0.2) is 11.6 Å². The van der Waals surface area contributed by atoms with Crippen molar-refractivity contribution in [2.75, 3.05) is 43.4 Å². The van der Waals surface area contributed by atoms with Gasteiger partial charge in [-0.05, 0) is 30.7 Å². The molecule has 1 saturated heterocycles. The van der Waals surface area contributed by atoms with Crippen LogP contribution in [0.3, 0.4) is 0 Å². The normalized spacial score (nSPS) is 19.3. The minimum Gasteiger partial charge on any atom is -0.391 e. The average Bonchev–Trinajstić information content (AvgIpc) is 2.70. The maximum atomic E-state index is 15.0. The Kier molecular flexibility index (Phi) is 7.58. The molecule has 0 unspecified atom stereocenters. The van der Waals surface area contributed by atoms with Crippen LogP contribution in [-0.2, 0) is 11.3 Å². The van der Waals surface area contributed by atoms with Crippen LogP contribution in [-0.4, -0.2) is 65.2 Å². The van der Waals surface area contributed by atoms with Crippen molar-refractivity contribution in [3.63, 3.8) is 0 Å². The van der Waals surface area contributed by atoms with Gasteiger partial charge < -0.3 is 21.1 Å². The van der Waals surface area contributed by atoms with E-state index in [0.29, 0.717) is 31.6 Å². The fraction of sp³-hybridized carbons (Fsp3) is 0.450. The van der Waals surface area contributed by atoms with E-state index in [-0.39, 0.29) is 35.7 Å². The van der Waals surface area contributed by atoms with Crippen molar-refractivity contribution in [3.05, 3.63) is 46.7 Å². The molecule has 0 aliphatic carbocycles. The van der Waals surface area contributed by atoms with Crippen LogP contribution < -0.4 is 16.0 Å². The zero-order valence-electron chi connectivity index (χ0n) is 17.1. The molecule has 1 aliphatic heterocycles. The summed E-state index contributed by atoms with van der Waals surface area (Å²) in [6, 6.07) is 4.40. The predicted octanol–water partition coefficient (Wildman–Crippen LogP) is 1.62. The highest BCUT2D eigenvalue weighted by Crippen LogP contribution is 2.24. The number of rotatable bonds is 8. The van der Waals surface area contributed by atoms with Crippen LogP contribution in [0.25, 0.3) is 0 Å². The van der Waals surface area contributed by atoms with Gasteiger partial charge in [0.2, 0.25) is 11.7 Å². The molecule has 168 valence electrons. The lowest BCUT2D eigenvalue weighted by Gasteiger charge is -2.35. The second kappa shape index (κ2) is 10.2. The summed E-state index contributed by atoms with van der Waals surface area (Å²) in [5.41, 5.74) is 5.81. The Labute approximate surface area is 184 Å². The van der Waals surface area contributed by atoms with Crippen LogP contribution >= 0.6 is 11.6 Å². The molecule has 0 spiro atoms. The lowest BCUT2D eigenvalue weighted by Crippen LogP contribution is -2.48. The van der Waals surface area contributed by atoms with Gasteiger partial charge in [0.25, 0.3) is 0 Å². The summed E-state index contributed by atoms with van der Waals surface area (Å²) >= 11 is 5.70. The molecule has 11 heteroatoms. The third kappa shape index (κ3) is 5.99. The first-order valence-electron chi connectivity index (χ1n) is 9.82. The minimum absolute atomic E-state index is 0.0194. The van der Waals surface area contributed by atoms with Crippen LogP contribution in [0, 0.1) is 17.6 Å². The summed E-state index contributed by atoms with van der Waals surface area (Å²) in [5, 5.41) is 13.3. The highest BCUT2D eigenvalue weighted by molar-refractivity contribution is 6.30. The molecule has 0 radical (unpaired) electrons. The monoisotopic (exact) mass is 454 g/mol. The number of aromatic nitrogens is 2. The number of nitrogens with one attached hydrogen (secondary N) is 1. The van der Waals surface area contributed by atoms with Gasteiger partial charge in [-0.15, -0.1) is 0 Å². The average molecular weight is 455 g/mol. The standard InChI is InChI=1S/C20H25ClF2N6O2/c1-28(8-12-2-3-14(21)15(22)6-12)20-18(23)19(26-11-27-20)25-7-13-4-5-29(9-16(13)30)10-17(24)31/h2-3,6,11,13,16,30H,4-5,7-10H2,1H3,(H2,24,31)(H,25,26,27)/t13-,16+/m0/s1. The molecular weight excluding hydrogens is 430 g/mol. The first-order valence-corrected chi connectivity index (χ1v) is 10.2. The van der Waals surface area contributed by atoms with E-state index in [9.17, 15) is 18.7 Å². The number of carbonyl (C=O) groups excluding carboxylic acids is 1. The lowest BCUT2D eigenvalue weighted by atomic mass is 9.94. The quantitative estimate of drug-likeness (QED) is 0.556. The van der Waals surface area contributed by atoms with Gasteiger partial charge in [0.05, 0.1) is 17.7 Å². The van der Waals surface area contributed by atoms with Crippen LogP contribution in [0.4, 0.5) is 20.4 Å². The van der Waals surface area contributed by atoms with Gasteiger partial charge in [-0.3, -0.25) is 9.69 Å². The number of nitrogens with two attached hydrogens (primary N) is 1. The van der Waals surface area contributed by atoms with E-state index in [4.69, 9.17) is 17.3 Å². The first-order chi connectivity index (χ1) is 14.7. The van der Waals surface area contributed by atoms with Gasteiger partial charge in [0.1, 0.15) is 12.1 Å². The number of piperidine rings is 1. The number of benzene rings is 1. The number of amides is 1. The van der Waals surface area contributed by atoms with Crippen molar-refractivity contribution in [3.8, 4) is 0 Å². The number of primary amides is 1. The molecule has 31 heavy (non-hydrogen) atoms. The van der Waals surface area contributed by atoms with E-state index < -0.39 is 23.6 Å². The number of hydrogen-bond donors (Lipinski definition) is 3. The van der Waals surface area contributed by atoms with Crippen molar-refractivity contribution < 1.29 is 18.7 Å². The van der Waals surface area contributed by atoms with E-state index in [1.54, 1.807) is 22.9 Å². The van der Waals surface area contributed by atoms with Gasteiger partial charge in [-0.2, -0.15) is 4.39 Å². The van der Waals surface area contributed by atoms with Crippen molar-refractivity contribution >= 4 is 29.1 Å². The Hall–Kier alpha value is -2.56. The molecule has 2 heterocycles. The van der Waals surface area contributed by atoms with E-state index in [2.05, 4.69) is 15.3 Å². The predicted molar refractivity (Wildman–Crippen MR) is 114 cm³/mol. The second-order valence-electron chi connectivity index (χ2n) is 7.66. The first kappa shape index (κ1) is 23.1. The molecule has 4 N–H and O–H groups in total. The topological polar surface area (TPSA) is 108 Å². The Balaban J connectivity index is 1.61. The smallest absolute Gasteiger partial charge is 0.231 e. The van der Waals surface area contributed by atoms with Crippen LogP contribution in [0.15, 0.2) is 24.5 Å². The number of likely N-dealkylation sites (tertiary alicyclic amines) is 1. The second-order valence-corrected chi connectivity index (χ2v) is 8.07. The summed E-state index contributed by atoms with van der Waals surface area (Å²) in [4.78, 5) is 22.3. The summed E-state index contributed by atoms with van der Waals surface area (Å²) in [6.45, 7) is 1.58. The van der Waals surface area contributed by atoms with Gasteiger partial charge in [0, 0.05) is 32.6 Å². The zero-order chi connectivity index (χ0) is 22.5. The number of hydrogen-bond acceptors (Lipinski definition) is 7. The molecule has 1 aliphatic rings. The molecule has 1 fully saturated rings. The van der Waals surface area contributed by atoms with Crippen LogP contribution in [0.2, 0.25) is 5.02 Å². The van der Waals surface area contributed by atoms with Crippen LogP contribution in [0.1, 0.15) is 12.0 Å². The van der Waals surface area contributed by atoms with Gasteiger partial charge in [-0.1, -0.05) is 17.7 Å². The number of aliphatic hydroxyl groups excluding tert-OH is 1. The Morgan fingerprint density at radius 2 is 2.19 bits per heavy atom. The summed E-state index contributed by atoms with van der Waals surface area (Å²) in [6.07, 6.45) is 1.20. The highest BCUT2D eigenvalue weighted by atomic mass is 35.5. The van der Waals surface area contributed by atoms with Crippen LogP contribution in [0.5, 0.6) is 0 Å². The SMILES string of the molecule is CN(Cc1ccc(Cl)c(F)c1)c1ncnc(NC[C@@H]2CCN(CC(N)=O)C[C@H]2O)c1F. The van der Waals surface area contributed by atoms with E-state index in [1.807, 2.05) is 0 Å². The van der Waals surface area contributed by atoms with E-state index in [0.717, 1.165) is 0 Å². The zero-order valence-corrected chi connectivity index (χ0v) is 17.8. The Bertz CT molecular complexity index is 935. The molecule has 8 nitrogen and oxygen atoms in total. The minimum atomic E-state index is -0.674. The fourth-order valence-electron chi connectivity index (χ4n) is 3.61. The number of carbonyl (C=O) groups is 1. The molecule has 2 aromatic rings. The summed E-state index contributed by atoms with van der Waals surface area (Å²) in [7, 11) is 1.64. The summed E-state index contributed by atoms with van der Waals surface area (Å²) < 4.78 is 28.6. The molecule has 0 bridgehead atoms. The molecule has 1 amide bonds. The largest absolute Gasteiger partial charge is 0.391 e. The number of aliphatic hydroxyl groups is 1. The van der Waals surface area contributed by atoms with E-state index >= 15 is 0 Å². The third-order valence-electron chi connectivity index (χ3n) is 5.25. The highest BCUT2D eigenvalue weighted by Gasteiger charge is 2.28. The number of β-amino-alcohol motifs (C(OH)–C–C–N with tert-alkyl or cyclic N) is 1. The number of nitrogens with zero attached hydrogens (tertiary/aromatic N) is 4. The maximum absolute atomic E-state index is 15.0. The Morgan fingerprint density at radius 3 is 2.87 bits per heavy atom. The van der Waals surface area contributed by atoms with Crippen molar-refractivity contribution in [1.82, 2.24) is 14.9 Å². The van der Waals surface area contributed by atoms with Crippen molar-refractivity contribution in [2.24, 2.45) is 11.7 Å². The molecule has 1 aromatic carbocycles. The van der Waals surface area contributed by atoms with E-state index in [1.165, 1.54) is 18.5 Å². The lowest BCUT2D eigenvalue weighted by molar-refractivity contribution is -0.120. The third-order valence-corrected chi connectivity index (χ3v) is 5.56.